The monoisotopic (exact) mass is 279 g/mol. The summed E-state index contributed by atoms with van der Waals surface area (Å²) in [5, 5.41) is 20.4. The van der Waals surface area contributed by atoms with Crippen molar-refractivity contribution in [2.75, 3.05) is 0 Å². The molecular weight excluding hydrogens is 270 g/mol. The SMILES string of the molecule is O=[N+]([O-])c1cc(CO)ccc1Oc1cccc(Cl)c1. The van der Waals surface area contributed by atoms with E-state index in [1.165, 1.54) is 12.1 Å². The molecular formula is C13H10ClNO4. The first-order valence-electron chi connectivity index (χ1n) is 5.42. The van der Waals surface area contributed by atoms with Crippen LogP contribution in [0.5, 0.6) is 11.5 Å². The van der Waals surface area contributed by atoms with Crippen LogP contribution in [0.25, 0.3) is 0 Å². The maximum Gasteiger partial charge on any atom is 0.311 e. The van der Waals surface area contributed by atoms with Gasteiger partial charge in [0.2, 0.25) is 5.75 Å². The van der Waals surface area contributed by atoms with Crippen molar-refractivity contribution in [3.05, 3.63) is 63.2 Å². The van der Waals surface area contributed by atoms with Gasteiger partial charge in [0.05, 0.1) is 11.5 Å². The van der Waals surface area contributed by atoms with Gasteiger partial charge < -0.3 is 9.84 Å². The highest BCUT2D eigenvalue weighted by Crippen LogP contribution is 2.32. The molecule has 5 nitrogen and oxygen atoms in total. The molecule has 0 aliphatic heterocycles. The zero-order chi connectivity index (χ0) is 13.8. The Labute approximate surface area is 114 Å². The lowest BCUT2D eigenvalue weighted by atomic mass is 10.2. The van der Waals surface area contributed by atoms with Gasteiger partial charge in [-0.3, -0.25) is 10.1 Å². The molecule has 2 aromatic carbocycles. The number of halogens is 1. The molecule has 0 radical (unpaired) electrons. The van der Waals surface area contributed by atoms with E-state index in [0.717, 1.165) is 0 Å². The fraction of sp³-hybridized carbons (Fsp3) is 0.0769. The van der Waals surface area contributed by atoms with Gasteiger partial charge in [0.15, 0.2) is 0 Å². The summed E-state index contributed by atoms with van der Waals surface area (Å²) < 4.78 is 5.44. The van der Waals surface area contributed by atoms with Crippen LogP contribution in [-0.4, -0.2) is 10.0 Å². The number of ether oxygens (including phenoxy) is 1. The van der Waals surface area contributed by atoms with Crippen molar-refractivity contribution in [1.29, 1.82) is 0 Å². The molecule has 0 aliphatic rings. The van der Waals surface area contributed by atoms with Gasteiger partial charge in [0, 0.05) is 11.1 Å². The molecule has 19 heavy (non-hydrogen) atoms. The summed E-state index contributed by atoms with van der Waals surface area (Å²) in [6, 6.07) is 10.9. The molecule has 2 rings (SSSR count). The molecule has 0 unspecified atom stereocenters. The van der Waals surface area contributed by atoms with Crippen LogP contribution in [0.3, 0.4) is 0 Å². The fourth-order valence-electron chi connectivity index (χ4n) is 1.55. The number of aliphatic hydroxyl groups excluding tert-OH is 1. The number of hydrogen-bond donors (Lipinski definition) is 1. The normalized spacial score (nSPS) is 10.2. The highest BCUT2D eigenvalue weighted by molar-refractivity contribution is 6.30. The van der Waals surface area contributed by atoms with Crippen LogP contribution in [0.2, 0.25) is 5.02 Å². The van der Waals surface area contributed by atoms with Crippen LogP contribution < -0.4 is 4.74 Å². The van der Waals surface area contributed by atoms with E-state index in [4.69, 9.17) is 21.4 Å². The molecule has 0 saturated carbocycles. The Morgan fingerprint density at radius 2 is 2.05 bits per heavy atom. The molecule has 98 valence electrons. The first kappa shape index (κ1) is 13.3. The Balaban J connectivity index is 2.36. The van der Waals surface area contributed by atoms with E-state index in [1.54, 1.807) is 30.3 Å². The topological polar surface area (TPSA) is 72.6 Å². The molecule has 0 bridgehead atoms. The predicted molar refractivity (Wildman–Crippen MR) is 70.5 cm³/mol. The van der Waals surface area contributed by atoms with E-state index < -0.39 is 4.92 Å². The minimum atomic E-state index is -0.557. The summed E-state index contributed by atoms with van der Waals surface area (Å²) >= 11 is 5.81. The van der Waals surface area contributed by atoms with Crippen molar-refractivity contribution in [3.63, 3.8) is 0 Å². The molecule has 0 spiro atoms. The van der Waals surface area contributed by atoms with Gasteiger partial charge in [-0.1, -0.05) is 23.7 Å². The van der Waals surface area contributed by atoms with E-state index >= 15 is 0 Å². The summed E-state index contributed by atoms with van der Waals surface area (Å²) in [7, 11) is 0. The molecule has 0 aliphatic carbocycles. The summed E-state index contributed by atoms with van der Waals surface area (Å²) in [6.07, 6.45) is 0. The summed E-state index contributed by atoms with van der Waals surface area (Å²) in [5.41, 5.74) is 0.247. The van der Waals surface area contributed by atoms with Crippen LogP contribution in [-0.2, 0) is 6.61 Å². The van der Waals surface area contributed by atoms with Crippen molar-refractivity contribution < 1.29 is 14.8 Å². The molecule has 0 amide bonds. The van der Waals surface area contributed by atoms with Crippen LogP contribution in [0.4, 0.5) is 5.69 Å². The minimum absolute atomic E-state index is 0.101. The molecule has 0 fully saturated rings. The number of nitrogens with zero attached hydrogens (tertiary/aromatic N) is 1. The van der Waals surface area contributed by atoms with E-state index in [2.05, 4.69) is 0 Å². The van der Waals surface area contributed by atoms with Crippen LogP contribution in [0.1, 0.15) is 5.56 Å². The lowest BCUT2D eigenvalue weighted by Crippen LogP contribution is -1.95. The maximum absolute atomic E-state index is 11.0. The number of nitro benzene ring substituents is 1. The average molecular weight is 280 g/mol. The molecule has 0 atom stereocenters. The zero-order valence-electron chi connectivity index (χ0n) is 9.75. The Bertz CT molecular complexity index is 615. The Kier molecular flexibility index (Phi) is 3.99. The third-order valence-electron chi connectivity index (χ3n) is 2.43. The van der Waals surface area contributed by atoms with Crippen molar-refractivity contribution in [2.45, 2.75) is 6.61 Å². The van der Waals surface area contributed by atoms with Gasteiger partial charge in [0.1, 0.15) is 5.75 Å². The predicted octanol–water partition coefficient (Wildman–Crippen LogP) is 3.53. The first-order valence-corrected chi connectivity index (χ1v) is 5.79. The molecule has 1 N–H and O–H groups in total. The summed E-state index contributed by atoms with van der Waals surface area (Å²) in [6.45, 7) is -0.266. The number of hydrogen-bond acceptors (Lipinski definition) is 4. The second kappa shape index (κ2) is 5.69. The molecule has 6 heteroatoms. The van der Waals surface area contributed by atoms with Crippen molar-refractivity contribution in [1.82, 2.24) is 0 Å². The summed E-state index contributed by atoms with van der Waals surface area (Å²) in [5.74, 6) is 0.511. The third-order valence-corrected chi connectivity index (χ3v) is 2.66. The molecule has 0 saturated heterocycles. The largest absolute Gasteiger partial charge is 0.450 e. The van der Waals surface area contributed by atoms with Gasteiger partial charge in [-0.25, -0.2) is 0 Å². The standard InChI is InChI=1S/C13H10ClNO4/c14-10-2-1-3-11(7-10)19-13-5-4-9(8-16)6-12(13)15(17)18/h1-7,16H,8H2. The smallest absolute Gasteiger partial charge is 0.311 e. The summed E-state index contributed by atoms with van der Waals surface area (Å²) in [4.78, 5) is 10.4. The second-order valence-corrected chi connectivity index (χ2v) is 4.21. The van der Waals surface area contributed by atoms with Gasteiger partial charge in [-0.05, 0) is 29.8 Å². The van der Waals surface area contributed by atoms with Gasteiger partial charge in [-0.15, -0.1) is 0 Å². The lowest BCUT2D eigenvalue weighted by Gasteiger charge is -2.07. The maximum atomic E-state index is 11.0. The Morgan fingerprint density at radius 3 is 2.68 bits per heavy atom. The highest BCUT2D eigenvalue weighted by Gasteiger charge is 2.16. The number of rotatable bonds is 4. The zero-order valence-corrected chi connectivity index (χ0v) is 10.5. The van der Waals surface area contributed by atoms with Crippen molar-refractivity contribution >= 4 is 17.3 Å². The highest BCUT2D eigenvalue weighted by atomic mass is 35.5. The first-order chi connectivity index (χ1) is 9.10. The van der Waals surface area contributed by atoms with Crippen LogP contribution >= 0.6 is 11.6 Å². The number of benzene rings is 2. The van der Waals surface area contributed by atoms with Gasteiger partial charge in [0.25, 0.3) is 0 Å². The number of nitro groups is 1. The van der Waals surface area contributed by atoms with Gasteiger partial charge >= 0.3 is 5.69 Å². The lowest BCUT2D eigenvalue weighted by molar-refractivity contribution is -0.385. The van der Waals surface area contributed by atoms with E-state index in [-0.39, 0.29) is 18.0 Å². The van der Waals surface area contributed by atoms with E-state index in [1.807, 2.05) is 0 Å². The van der Waals surface area contributed by atoms with Crippen molar-refractivity contribution in [2.24, 2.45) is 0 Å². The fourth-order valence-corrected chi connectivity index (χ4v) is 1.73. The molecule has 0 aromatic heterocycles. The average Bonchev–Trinajstić information content (AvgIpc) is 2.39. The van der Waals surface area contributed by atoms with Crippen LogP contribution in [0, 0.1) is 10.1 Å². The quantitative estimate of drug-likeness (QED) is 0.686. The van der Waals surface area contributed by atoms with Crippen LogP contribution in [0.15, 0.2) is 42.5 Å². The minimum Gasteiger partial charge on any atom is -0.450 e. The third kappa shape index (κ3) is 3.21. The van der Waals surface area contributed by atoms with Crippen molar-refractivity contribution in [3.8, 4) is 11.5 Å². The van der Waals surface area contributed by atoms with Gasteiger partial charge in [-0.2, -0.15) is 0 Å². The Hall–Kier alpha value is -2.11. The molecule has 0 heterocycles. The second-order valence-electron chi connectivity index (χ2n) is 3.78. The van der Waals surface area contributed by atoms with E-state index in [0.29, 0.717) is 16.3 Å². The van der Waals surface area contributed by atoms with E-state index in [9.17, 15) is 10.1 Å². The number of aliphatic hydroxyl groups is 1. The molecule has 2 aromatic rings. The Morgan fingerprint density at radius 1 is 1.26 bits per heavy atom.